The van der Waals surface area contributed by atoms with Gasteiger partial charge in [-0.05, 0) is 24.1 Å². The Morgan fingerprint density at radius 3 is 2.70 bits per heavy atom. The molecule has 0 saturated carbocycles. The van der Waals surface area contributed by atoms with Gasteiger partial charge in [-0.2, -0.15) is 0 Å². The Morgan fingerprint density at radius 2 is 2.04 bits per heavy atom. The summed E-state index contributed by atoms with van der Waals surface area (Å²) in [5.74, 6) is -0.140. The van der Waals surface area contributed by atoms with Crippen LogP contribution in [-0.4, -0.2) is 39.0 Å². The molecule has 120 valence electrons. The molecule has 0 amide bonds. The van der Waals surface area contributed by atoms with E-state index in [0.717, 1.165) is 22.3 Å². The monoisotopic (exact) mass is 375 g/mol. The molecule has 0 bridgehead atoms. The van der Waals surface area contributed by atoms with Crippen LogP contribution in [0.5, 0.6) is 0 Å². The van der Waals surface area contributed by atoms with Crippen LogP contribution in [0.1, 0.15) is 12.6 Å². The van der Waals surface area contributed by atoms with Crippen molar-refractivity contribution < 1.29 is 9.90 Å². The molecule has 23 heavy (non-hydrogen) atoms. The van der Waals surface area contributed by atoms with Gasteiger partial charge in [-0.15, -0.1) is 0 Å². The quantitative estimate of drug-likeness (QED) is 0.889. The van der Waals surface area contributed by atoms with Crippen molar-refractivity contribution in [2.45, 2.75) is 13.5 Å². The summed E-state index contributed by atoms with van der Waals surface area (Å²) in [7, 11) is 0. The number of carboxylic acids is 1. The number of aliphatic carboxylic acids is 1. The zero-order chi connectivity index (χ0) is 16.4. The minimum absolute atomic E-state index is 0.167. The number of rotatable bonds is 4. The highest BCUT2D eigenvalue weighted by molar-refractivity contribution is 9.10. The van der Waals surface area contributed by atoms with Crippen LogP contribution in [0.4, 0.5) is 0 Å². The van der Waals surface area contributed by atoms with Gasteiger partial charge in [0.05, 0.1) is 11.6 Å². The number of hydrogen-bond donors (Lipinski definition) is 1. The predicted molar refractivity (Wildman–Crippen MR) is 90.7 cm³/mol. The Labute approximate surface area is 143 Å². The summed E-state index contributed by atoms with van der Waals surface area (Å²) in [5.41, 5.74) is 1.88. The molecule has 2 aromatic rings. The summed E-state index contributed by atoms with van der Waals surface area (Å²) in [6.45, 7) is 4.01. The topological polar surface area (TPSA) is 66.3 Å². The smallest absolute Gasteiger partial charge is 0.308 e. The lowest BCUT2D eigenvalue weighted by Crippen LogP contribution is -2.23. The second kappa shape index (κ2) is 6.76. The summed E-state index contributed by atoms with van der Waals surface area (Å²) >= 11 is 3.42. The van der Waals surface area contributed by atoms with Crippen molar-refractivity contribution >= 4 is 21.9 Å². The summed E-state index contributed by atoms with van der Waals surface area (Å²) in [4.78, 5) is 22.3. The van der Waals surface area contributed by atoms with Crippen LogP contribution in [0, 0.1) is 11.8 Å². The standard InChI is InChI=1S/C17H18BrN3O2/c1-11-8-21(10-15(11)17(22)23)9-14-6-7-19-16(20-14)12-2-4-13(18)5-3-12/h2-7,11,15H,8-10H2,1H3,(H,22,23)/t11-,15-/m1/s1. The highest BCUT2D eigenvalue weighted by Gasteiger charge is 2.34. The van der Waals surface area contributed by atoms with Crippen molar-refractivity contribution in [3.8, 4) is 11.4 Å². The average Bonchev–Trinajstić information content (AvgIpc) is 2.89. The van der Waals surface area contributed by atoms with Crippen LogP contribution >= 0.6 is 15.9 Å². The largest absolute Gasteiger partial charge is 0.481 e. The van der Waals surface area contributed by atoms with Crippen molar-refractivity contribution in [1.82, 2.24) is 14.9 Å². The molecule has 1 aromatic heterocycles. The summed E-state index contributed by atoms with van der Waals surface area (Å²) in [6, 6.07) is 9.76. The van der Waals surface area contributed by atoms with Gasteiger partial charge in [-0.3, -0.25) is 9.69 Å². The predicted octanol–water partition coefficient (Wildman–Crippen LogP) is 3.06. The number of hydrogen-bond acceptors (Lipinski definition) is 4. The van der Waals surface area contributed by atoms with Gasteiger partial charge >= 0.3 is 5.97 Å². The normalized spacial score (nSPS) is 21.5. The van der Waals surface area contributed by atoms with Crippen LogP contribution in [0.15, 0.2) is 41.0 Å². The molecule has 1 fully saturated rings. The van der Waals surface area contributed by atoms with Gasteiger partial charge in [0.25, 0.3) is 0 Å². The van der Waals surface area contributed by atoms with E-state index in [1.54, 1.807) is 6.20 Å². The van der Waals surface area contributed by atoms with Crippen molar-refractivity contribution in [3.63, 3.8) is 0 Å². The molecule has 1 aliphatic heterocycles. The molecule has 5 nitrogen and oxygen atoms in total. The lowest BCUT2D eigenvalue weighted by molar-refractivity contribution is -0.142. The van der Waals surface area contributed by atoms with E-state index in [1.807, 2.05) is 37.3 Å². The minimum atomic E-state index is -0.710. The maximum atomic E-state index is 11.2. The average molecular weight is 376 g/mol. The minimum Gasteiger partial charge on any atom is -0.481 e. The van der Waals surface area contributed by atoms with Crippen molar-refractivity contribution in [2.24, 2.45) is 11.8 Å². The van der Waals surface area contributed by atoms with Crippen LogP contribution in [0.3, 0.4) is 0 Å². The Balaban J connectivity index is 1.73. The van der Waals surface area contributed by atoms with Crippen molar-refractivity contribution in [1.29, 1.82) is 0 Å². The van der Waals surface area contributed by atoms with E-state index in [2.05, 4.69) is 30.8 Å². The molecular weight excluding hydrogens is 358 g/mol. The Kier molecular flexibility index (Phi) is 4.73. The lowest BCUT2D eigenvalue weighted by Gasteiger charge is -2.15. The van der Waals surface area contributed by atoms with E-state index >= 15 is 0 Å². The van der Waals surface area contributed by atoms with Crippen LogP contribution in [0.2, 0.25) is 0 Å². The fourth-order valence-electron chi connectivity index (χ4n) is 2.97. The SMILES string of the molecule is C[C@@H]1CN(Cc2ccnc(-c3ccc(Br)cc3)n2)C[C@H]1C(=O)O. The first kappa shape index (κ1) is 16.1. The molecule has 0 radical (unpaired) electrons. The van der Waals surface area contributed by atoms with Crippen LogP contribution in [0.25, 0.3) is 11.4 Å². The molecule has 2 heterocycles. The number of carboxylic acid groups (broad SMARTS) is 1. The first-order valence-corrected chi connectivity index (χ1v) is 8.35. The Morgan fingerprint density at radius 1 is 1.30 bits per heavy atom. The maximum Gasteiger partial charge on any atom is 0.308 e. The van der Waals surface area contributed by atoms with Crippen LogP contribution < -0.4 is 0 Å². The van der Waals surface area contributed by atoms with E-state index < -0.39 is 5.97 Å². The number of benzene rings is 1. The fourth-order valence-corrected chi connectivity index (χ4v) is 3.23. The second-order valence-electron chi connectivity index (χ2n) is 5.99. The first-order valence-electron chi connectivity index (χ1n) is 7.56. The molecule has 2 atom stereocenters. The number of likely N-dealkylation sites (tertiary alicyclic amines) is 1. The van der Waals surface area contributed by atoms with Gasteiger partial charge in [-0.1, -0.05) is 35.0 Å². The third kappa shape index (κ3) is 3.76. The number of aromatic nitrogens is 2. The molecule has 3 rings (SSSR count). The summed E-state index contributed by atoms with van der Waals surface area (Å²) < 4.78 is 1.02. The Bertz CT molecular complexity index is 705. The molecule has 0 spiro atoms. The molecule has 0 aliphatic carbocycles. The van der Waals surface area contributed by atoms with Crippen molar-refractivity contribution in [2.75, 3.05) is 13.1 Å². The van der Waals surface area contributed by atoms with E-state index in [-0.39, 0.29) is 11.8 Å². The third-order valence-electron chi connectivity index (χ3n) is 4.21. The highest BCUT2D eigenvalue weighted by atomic mass is 79.9. The zero-order valence-corrected chi connectivity index (χ0v) is 14.4. The van der Waals surface area contributed by atoms with E-state index in [1.165, 1.54) is 0 Å². The number of nitrogens with zero attached hydrogens (tertiary/aromatic N) is 3. The van der Waals surface area contributed by atoms with Gasteiger partial charge in [-0.25, -0.2) is 9.97 Å². The summed E-state index contributed by atoms with van der Waals surface area (Å²) in [5, 5.41) is 9.23. The van der Waals surface area contributed by atoms with E-state index in [9.17, 15) is 9.90 Å². The van der Waals surface area contributed by atoms with Gasteiger partial charge < -0.3 is 5.11 Å². The molecule has 0 unspecified atom stereocenters. The van der Waals surface area contributed by atoms with Gasteiger partial charge in [0, 0.05) is 35.9 Å². The molecule has 6 heteroatoms. The van der Waals surface area contributed by atoms with Gasteiger partial charge in [0.1, 0.15) is 0 Å². The van der Waals surface area contributed by atoms with Crippen LogP contribution in [-0.2, 0) is 11.3 Å². The molecule has 1 saturated heterocycles. The van der Waals surface area contributed by atoms with E-state index in [0.29, 0.717) is 18.9 Å². The van der Waals surface area contributed by atoms with Gasteiger partial charge in [0.15, 0.2) is 5.82 Å². The first-order chi connectivity index (χ1) is 11.0. The lowest BCUT2D eigenvalue weighted by atomic mass is 9.99. The molecular formula is C17H18BrN3O2. The third-order valence-corrected chi connectivity index (χ3v) is 4.74. The molecule has 1 aromatic carbocycles. The Hall–Kier alpha value is -1.79. The summed E-state index contributed by atoms with van der Waals surface area (Å²) in [6.07, 6.45) is 1.76. The second-order valence-corrected chi connectivity index (χ2v) is 6.91. The fraction of sp³-hybridized carbons (Fsp3) is 0.353. The number of carbonyl (C=O) groups is 1. The van der Waals surface area contributed by atoms with Crippen molar-refractivity contribution in [3.05, 3.63) is 46.7 Å². The molecule has 1 N–H and O–H groups in total. The van der Waals surface area contributed by atoms with Gasteiger partial charge in [0.2, 0.25) is 0 Å². The van der Waals surface area contributed by atoms with E-state index in [4.69, 9.17) is 0 Å². The maximum absolute atomic E-state index is 11.2. The number of halogens is 1. The molecule has 1 aliphatic rings. The highest BCUT2D eigenvalue weighted by Crippen LogP contribution is 2.25. The zero-order valence-electron chi connectivity index (χ0n) is 12.8.